The first-order chi connectivity index (χ1) is 7.69. The topological polar surface area (TPSA) is 75.7 Å². The van der Waals surface area contributed by atoms with E-state index in [0.29, 0.717) is 26.0 Å². The summed E-state index contributed by atoms with van der Waals surface area (Å²) in [6.45, 7) is 2.77. The van der Waals surface area contributed by atoms with E-state index in [-0.39, 0.29) is 18.5 Å². The van der Waals surface area contributed by atoms with Crippen molar-refractivity contribution in [2.45, 2.75) is 25.6 Å². The van der Waals surface area contributed by atoms with Crippen molar-refractivity contribution in [1.29, 1.82) is 0 Å². The van der Waals surface area contributed by atoms with Gasteiger partial charge in [0.1, 0.15) is 18.7 Å². The zero-order valence-corrected chi connectivity index (χ0v) is 9.22. The van der Waals surface area contributed by atoms with E-state index in [4.69, 9.17) is 4.74 Å². The average Bonchev–Trinajstić information content (AvgIpc) is 2.26. The minimum Gasteiger partial charge on any atom is -0.377 e. The number of carbonyl (C=O) groups excluding carboxylic acids is 3. The number of hydrogen-bond donors (Lipinski definition) is 1. The molecule has 0 spiro atoms. The molecule has 6 heteroatoms. The molecular formula is C10H16N2O4. The van der Waals surface area contributed by atoms with Crippen LogP contribution >= 0.6 is 0 Å². The van der Waals surface area contributed by atoms with Crippen LogP contribution < -0.4 is 5.32 Å². The zero-order chi connectivity index (χ0) is 12.0. The molecule has 0 saturated carbocycles. The molecule has 16 heavy (non-hydrogen) atoms. The number of aldehydes is 2. The molecule has 90 valence electrons. The van der Waals surface area contributed by atoms with Gasteiger partial charge in [-0.05, 0) is 0 Å². The number of amides is 1. The summed E-state index contributed by atoms with van der Waals surface area (Å²) in [6.07, 6.45) is 1.24. The summed E-state index contributed by atoms with van der Waals surface area (Å²) in [5.74, 6) is -0.184. The highest BCUT2D eigenvalue weighted by Gasteiger charge is 2.29. The summed E-state index contributed by atoms with van der Waals surface area (Å²) in [5, 5.41) is 2.69. The molecule has 1 aliphatic heterocycles. The minimum atomic E-state index is -0.488. The summed E-state index contributed by atoms with van der Waals surface area (Å²) in [7, 11) is 0. The normalized spacial score (nSPS) is 23.4. The van der Waals surface area contributed by atoms with Gasteiger partial charge in [-0.1, -0.05) is 0 Å². The van der Waals surface area contributed by atoms with Gasteiger partial charge in [0.25, 0.3) is 0 Å². The molecular weight excluding hydrogens is 212 g/mol. The van der Waals surface area contributed by atoms with E-state index >= 15 is 0 Å². The van der Waals surface area contributed by atoms with Gasteiger partial charge < -0.3 is 19.6 Å². The van der Waals surface area contributed by atoms with Crippen molar-refractivity contribution in [3.63, 3.8) is 0 Å². The van der Waals surface area contributed by atoms with Gasteiger partial charge in [-0.2, -0.15) is 0 Å². The van der Waals surface area contributed by atoms with Crippen molar-refractivity contribution in [1.82, 2.24) is 10.2 Å². The van der Waals surface area contributed by atoms with Crippen molar-refractivity contribution in [3.8, 4) is 0 Å². The Morgan fingerprint density at radius 3 is 2.94 bits per heavy atom. The third kappa shape index (κ3) is 3.39. The van der Waals surface area contributed by atoms with E-state index in [1.165, 1.54) is 6.92 Å². The first kappa shape index (κ1) is 12.8. The standard InChI is InChI=1S/C10H16N2O4/c1-8(15)11-10-7-16-5-3-12(10)9(6-14)2-4-13/h4,6,9-10H,2-3,5,7H2,1H3,(H,11,15). The van der Waals surface area contributed by atoms with Crippen LogP contribution in [0.5, 0.6) is 0 Å². The second-order valence-electron chi connectivity index (χ2n) is 3.63. The second-order valence-corrected chi connectivity index (χ2v) is 3.63. The molecule has 2 unspecified atom stereocenters. The predicted octanol–water partition coefficient (Wildman–Crippen LogP) is -1.06. The molecule has 1 heterocycles. The van der Waals surface area contributed by atoms with E-state index < -0.39 is 6.04 Å². The zero-order valence-electron chi connectivity index (χ0n) is 9.22. The van der Waals surface area contributed by atoms with Gasteiger partial charge in [0.15, 0.2) is 0 Å². The molecule has 2 atom stereocenters. The maximum absolute atomic E-state index is 11.0. The molecule has 1 aliphatic rings. The maximum Gasteiger partial charge on any atom is 0.218 e. The van der Waals surface area contributed by atoms with Crippen LogP contribution in [0.15, 0.2) is 0 Å². The Morgan fingerprint density at radius 2 is 2.38 bits per heavy atom. The Morgan fingerprint density at radius 1 is 1.62 bits per heavy atom. The van der Waals surface area contributed by atoms with Crippen LogP contribution in [-0.2, 0) is 19.1 Å². The summed E-state index contributed by atoms with van der Waals surface area (Å²) in [5.41, 5.74) is 0. The first-order valence-electron chi connectivity index (χ1n) is 5.18. The maximum atomic E-state index is 11.0. The van der Waals surface area contributed by atoms with Gasteiger partial charge >= 0.3 is 0 Å². The number of morpholine rings is 1. The summed E-state index contributed by atoms with van der Waals surface area (Å²) >= 11 is 0. The number of rotatable bonds is 5. The van der Waals surface area contributed by atoms with Gasteiger partial charge in [-0.25, -0.2) is 0 Å². The molecule has 6 nitrogen and oxygen atoms in total. The second kappa shape index (κ2) is 6.34. The molecule has 0 bridgehead atoms. The minimum absolute atomic E-state index is 0.138. The third-order valence-electron chi connectivity index (χ3n) is 2.46. The highest BCUT2D eigenvalue weighted by molar-refractivity contribution is 5.73. The SMILES string of the molecule is CC(=O)NC1COCCN1C(C=O)CC=O. The molecule has 0 aliphatic carbocycles. The molecule has 0 radical (unpaired) electrons. The van der Waals surface area contributed by atoms with Crippen molar-refractivity contribution >= 4 is 18.5 Å². The predicted molar refractivity (Wildman–Crippen MR) is 55.7 cm³/mol. The molecule has 1 N–H and O–H groups in total. The largest absolute Gasteiger partial charge is 0.377 e. The van der Waals surface area contributed by atoms with Crippen LogP contribution in [-0.4, -0.2) is 55.3 Å². The Balaban J connectivity index is 2.67. The van der Waals surface area contributed by atoms with Crippen LogP contribution in [0, 0.1) is 0 Å². The lowest BCUT2D eigenvalue weighted by Gasteiger charge is -2.38. The highest BCUT2D eigenvalue weighted by atomic mass is 16.5. The molecule has 1 fully saturated rings. The number of hydrogen-bond acceptors (Lipinski definition) is 5. The van der Waals surface area contributed by atoms with Crippen molar-refractivity contribution in [3.05, 3.63) is 0 Å². The molecule has 1 amide bonds. The quantitative estimate of drug-likeness (QED) is 0.607. The summed E-state index contributed by atoms with van der Waals surface area (Å²) < 4.78 is 5.23. The third-order valence-corrected chi connectivity index (χ3v) is 2.46. The smallest absolute Gasteiger partial charge is 0.218 e. The van der Waals surface area contributed by atoms with Crippen LogP contribution in [0.25, 0.3) is 0 Å². The van der Waals surface area contributed by atoms with Gasteiger partial charge in [-0.15, -0.1) is 0 Å². The van der Waals surface area contributed by atoms with Crippen molar-refractivity contribution in [2.75, 3.05) is 19.8 Å². The van der Waals surface area contributed by atoms with E-state index in [1.54, 1.807) is 4.90 Å². The fraction of sp³-hybridized carbons (Fsp3) is 0.700. The summed E-state index contributed by atoms with van der Waals surface area (Å²) in [4.78, 5) is 34.1. The van der Waals surface area contributed by atoms with Crippen LogP contribution in [0.3, 0.4) is 0 Å². The molecule has 0 aromatic rings. The Hall–Kier alpha value is -1.27. The van der Waals surface area contributed by atoms with Crippen LogP contribution in [0.2, 0.25) is 0 Å². The molecule has 0 aromatic carbocycles. The van der Waals surface area contributed by atoms with Crippen LogP contribution in [0.1, 0.15) is 13.3 Å². The summed E-state index contributed by atoms with van der Waals surface area (Å²) in [6, 6.07) is -0.488. The number of carbonyl (C=O) groups is 3. The van der Waals surface area contributed by atoms with E-state index in [0.717, 1.165) is 6.29 Å². The Labute approximate surface area is 93.9 Å². The van der Waals surface area contributed by atoms with E-state index in [1.807, 2.05) is 0 Å². The number of ether oxygens (including phenoxy) is 1. The fourth-order valence-corrected chi connectivity index (χ4v) is 1.74. The Kier molecular flexibility index (Phi) is 5.07. The number of nitrogens with one attached hydrogen (secondary N) is 1. The van der Waals surface area contributed by atoms with Gasteiger partial charge in [0.05, 0.1) is 19.3 Å². The van der Waals surface area contributed by atoms with E-state index in [9.17, 15) is 14.4 Å². The lowest BCUT2D eigenvalue weighted by molar-refractivity contribution is -0.129. The van der Waals surface area contributed by atoms with Crippen molar-refractivity contribution in [2.24, 2.45) is 0 Å². The first-order valence-corrected chi connectivity index (χ1v) is 5.18. The monoisotopic (exact) mass is 228 g/mol. The molecule has 1 saturated heterocycles. The molecule has 0 aromatic heterocycles. The Bertz CT molecular complexity index is 270. The fourth-order valence-electron chi connectivity index (χ4n) is 1.74. The highest BCUT2D eigenvalue weighted by Crippen LogP contribution is 2.10. The molecule has 1 rings (SSSR count). The van der Waals surface area contributed by atoms with Gasteiger partial charge in [-0.3, -0.25) is 9.69 Å². The lowest BCUT2D eigenvalue weighted by atomic mass is 10.2. The van der Waals surface area contributed by atoms with E-state index in [2.05, 4.69) is 5.32 Å². The van der Waals surface area contributed by atoms with Crippen LogP contribution in [0.4, 0.5) is 0 Å². The lowest BCUT2D eigenvalue weighted by Crippen LogP contribution is -2.58. The van der Waals surface area contributed by atoms with Crippen molar-refractivity contribution < 1.29 is 19.1 Å². The van der Waals surface area contributed by atoms with Gasteiger partial charge in [0.2, 0.25) is 5.91 Å². The van der Waals surface area contributed by atoms with Gasteiger partial charge in [0, 0.05) is 19.9 Å². The average molecular weight is 228 g/mol. The number of nitrogens with zero attached hydrogens (tertiary/aromatic N) is 1.